The zero-order valence-corrected chi connectivity index (χ0v) is 21.8. The van der Waals surface area contributed by atoms with Gasteiger partial charge < -0.3 is 29.4 Å². The van der Waals surface area contributed by atoms with Gasteiger partial charge in [0, 0.05) is 24.1 Å². The first-order valence-electron chi connectivity index (χ1n) is 12.0. The van der Waals surface area contributed by atoms with Crippen molar-refractivity contribution in [2.45, 2.75) is 52.7 Å². The molecule has 0 unspecified atom stereocenters. The molecule has 3 rings (SSSR count). The summed E-state index contributed by atoms with van der Waals surface area (Å²) in [6, 6.07) is 7.12. The first-order valence-corrected chi connectivity index (χ1v) is 12.0. The van der Waals surface area contributed by atoms with E-state index >= 15 is 0 Å². The highest BCUT2D eigenvalue weighted by Gasteiger charge is 2.34. The molecule has 1 heterocycles. The zero-order valence-electron chi connectivity index (χ0n) is 21.8. The zero-order chi connectivity index (χ0) is 27.8. The second-order valence-corrected chi connectivity index (χ2v) is 8.82. The Bertz CT molecular complexity index is 1260. The molecule has 10 heteroatoms. The Labute approximate surface area is 220 Å². The van der Waals surface area contributed by atoms with Gasteiger partial charge in [0.1, 0.15) is 30.1 Å². The van der Waals surface area contributed by atoms with Crippen LogP contribution in [0.25, 0.3) is 0 Å². The predicted octanol–water partition coefficient (Wildman–Crippen LogP) is 3.65. The van der Waals surface area contributed by atoms with Crippen LogP contribution < -0.4 is 19.5 Å². The molecule has 10 nitrogen and oxygen atoms in total. The van der Waals surface area contributed by atoms with E-state index in [1.807, 2.05) is 0 Å². The van der Waals surface area contributed by atoms with Crippen molar-refractivity contribution in [3.05, 3.63) is 63.7 Å². The third-order valence-electron chi connectivity index (χ3n) is 6.18. The molecule has 0 radical (unpaired) electrons. The average Bonchev–Trinajstić information content (AvgIpc) is 3.28. The van der Waals surface area contributed by atoms with Crippen molar-refractivity contribution in [2.24, 2.45) is 0 Å². The second-order valence-electron chi connectivity index (χ2n) is 8.82. The quantitative estimate of drug-likeness (QED) is 0.184. The molecule has 0 saturated heterocycles. The third-order valence-corrected chi connectivity index (χ3v) is 6.18. The summed E-state index contributed by atoms with van der Waals surface area (Å²) in [5, 5.41) is 11.6. The predicted molar refractivity (Wildman–Crippen MR) is 136 cm³/mol. The lowest BCUT2D eigenvalue weighted by molar-refractivity contribution is -0.139. The number of cyclic esters (lactones) is 1. The molecule has 0 spiro atoms. The molecule has 202 valence electrons. The van der Waals surface area contributed by atoms with Gasteiger partial charge in [0.15, 0.2) is 5.75 Å². The molecule has 0 atom stereocenters. The van der Waals surface area contributed by atoms with Crippen LogP contribution in [0.15, 0.2) is 35.9 Å². The molecule has 38 heavy (non-hydrogen) atoms. The molecular weight excluding hydrogens is 494 g/mol. The molecule has 1 aliphatic rings. The van der Waals surface area contributed by atoms with Crippen molar-refractivity contribution in [3.63, 3.8) is 0 Å². The van der Waals surface area contributed by atoms with E-state index in [0.717, 1.165) is 11.1 Å². The van der Waals surface area contributed by atoms with E-state index in [9.17, 15) is 19.2 Å². The van der Waals surface area contributed by atoms with Crippen LogP contribution in [-0.4, -0.2) is 43.1 Å². The standard InChI is InChI=1S/C28H31NO9/c1-16(6-12-23(31)32)5-11-20-26(36-4)17(2)21-15-37-28(34)25(21)27(20)38-24(33)13-22(30)29-14-18-7-9-19(35-3)10-8-18/h5,7-10H,6,11-15H2,1-4H3,(H,29,30)(H,31,32)/b16-5+. The smallest absolute Gasteiger partial charge is 0.342 e. The van der Waals surface area contributed by atoms with Gasteiger partial charge in [0.2, 0.25) is 5.91 Å². The minimum Gasteiger partial charge on any atom is -0.497 e. The Morgan fingerprint density at radius 2 is 1.79 bits per heavy atom. The van der Waals surface area contributed by atoms with Crippen molar-refractivity contribution in [2.75, 3.05) is 14.2 Å². The van der Waals surface area contributed by atoms with Gasteiger partial charge in [-0.15, -0.1) is 0 Å². The molecule has 2 N–H and O–H groups in total. The molecule has 1 amide bonds. The number of amides is 1. The van der Waals surface area contributed by atoms with Gasteiger partial charge in [-0.05, 0) is 49.9 Å². The van der Waals surface area contributed by atoms with Gasteiger partial charge >= 0.3 is 17.9 Å². The van der Waals surface area contributed by atoms with E-state index < -0.39 is 30.2 Å². The second kappa shape index (κ2) is 12.8. The van der Waals surface area contributed by atoms with Gasteiger partial charge in [-0.25, -0.2) is 4.79 Å². The topological polar surface area (TPSA) is 137 Å². The van der Waals surface area contributed by atoms with E-state index in [1.165, 1.54) is 7.11 Å². The van der Waals surface area contributed by atoms with Crippen LogP contribution in [-0.2, 0) is 38.7 Å². The fraction of sp³-hybridized carbons (Fsp3) is 0.357. The molecule has 0 bridgehead atoms. The fourth-order valence-corrected chi connectivity index (χ4v) is 4.09. The van der Waals surface area contributed by atoms with Crippen LogP contribution in [0.5, 0.6) is 17.2 Å². The van der Waals surface area contributed by atoms with E-state index in [1.54, 1.807) is 51.3 Å². The third kappa shape index (κ3) is 6.90. The number of aliphatic carboxylic acids is 1. The summed E-state index contributed by atoms with van der Waals surface area (Å²) < 4.78 is 21.5. The van der Waals surface area contributed by atoms with Crippen molar-refractivity contribution in [1.82, 2.24) is 5.32 Å². The van der Waals surface area contributed by atoms with E-state index in [-0.39, 0.29) is 37.3 Å². The Hall–Kier alpha value is -4.34. The van der Waals surface area contributed by atoms with Crippen molar-refractivity contribution in [3.8, 4) is 17.2 Å². The minimum absolute atomic E-state index is 0.0109. The number of benzene rings is 2. The number of esters is 2. The normalized spacial score (nSPS) is 12.4. The van der Waals surface area contributed by atoms with Gasteiger partial charge in [-0.1, -0.05) is 23.8 Å². The molecule has 0 saturated carbocycles. The van der Waals surface area contributed by atoms with Gasteiger partial charge in [0.05, 0.1) is 14.2 Å². The Morgan fingerprint density at radius 1 is 1.08 bits per heavy atom. The molecule has 0 aromatic heterocycles. The number of nitrogens with one attached hydrogen (secondary N) is 1. The van der Waals surface area contributed by atoms with Crippen molar-refractivity contribution >= 4 is 23.8 Å². The maximum absolute atomic E-state index is 12.8. The highest BCUT2D eigenvalue weighted by atomic mass is 16.6. The Balaban J connectivity index is 1.81. The summed E-state index contributed by atoms with van der Waals surface area (Å²) in [5.41, 5.74) is 3.42. The van der Waals surface area contributed by atoms with E-state index in [4.69, 9.17) is 24.1 Å². The van der Waals surface area contributed by atoms with Gasteiger partial charge in [0.25, 0.3) is 0 Å². The van der Waals surface area contributed by atoms with E-state index in [2.05, 4.69) is 5.32 Å². The Kier molecular flexibility index (Phi) is 9.48. The molecule has 2 aromatic rings. The number of carbonyl (C=O) groups is 4. The highest BCUT2D eigenvalue weighted by molar-refractivity contribution is 6.00. The lowest BCUT2D eigenvalue weighted by atomic mass is 9.94. The largest absolute Gasteiger partial charge is 0.497 e. The molecular formula is C28H31NO9. The number of hydrogen-bond donors (Lipinski definition) is 2. The summed E-state index contributed by atoms with van der Waals surface area (Å²) in [5.74, 6) is -1.84. The maximum Gasteiger partial charge on any atom is 0.342 e. The number of carboxylic acid groups (broad SMARTS) is 1. The van der Waals surface area contributed by atoms with Gasteiger partial charge in [-0.2, -0.15) is 0 Å². The molecule has 2 aromatic carbocycles. The highest BCUT2D eigenvalue weighted by Crippen LogP contribution is 2.43. The van der Waals surface area contributed by atoms with Crippen molar-refractivity contribution in [1.29, 1.82) is 0 Å². The number of allylic oxidation sites excluding steroid dienone is 2. The molecule has 1 aliphatic heterocycles. The van der Waals surface area contributed by atoms with Crippen LogP contribution >= 0.6 is 0 Å². The number of carbonyl (C=O) groups excluding carboxylic acids is 3. The average molecular weight is 526 g/mol. The number of rotatable bonds is 12. The maximum atomic E-state index is 12.8. The van der Waals surface area contributed by atoms with Crippen LogP contribution in [0, 0.1) is 6.92 Å². The van der Waals surface area contributed by atoms with Crippen LogP contribution in [0.2, 0.25) is 0 Å². The summed E-state index contributed by atoms with van der Waals surface area (Å²) in [4.78, 5) is 48.7. The summed E-state index contributed by atoms with van der Waals surface area (Å²) in [7, 11) is 3.03. The van der Waals surface area contributed by atoms with Crippen LogP contribution in [0.3, 0.4) is 0 Å². The van der Waals surface area contributed by atoms with Crippen LogP contribution in [0.4, 0.5) is 0 Å². The summed E-state index contributed by atoms with van der Waals surface area (Å²) in [6.45, 7) is 3.80. The minimum atomic E-state index is -0.911. The number of carboxylic acids is 1. The summed E-state index contributed by atoms with van der Waals surface area (Å²) >= 11 is 0. The fourth-order valence-electron chi connectivity index (χ4n) is 4.09. The number of ether oxygens (including phenoxy) is 4. The van der Waals surface area contributed by atoms with Crippen LogP contribution in [0.1, 0.15) is 58.8 Å². The van der Waals surface area contributed by atoms with Gasteiger partial charge in [-0.3, -0.25) is 14.4 Å². The summed E-state index contributed by atoms with van der Waals surface area (Å²) in [6.07, 6.45) is 1.76. The van der Waals surface area contributed by atoms with E-state index in [0.29, 0.717) is 34.6 Å². The first-order chi connectivity index (χ1) is 18.1. The number of fused-ring (bicyclic) bond motifs is 1. The number of methoxy groups -OCH3 is 2. The SMILES string of the molecule is COc1ccc(CNC(=O)CC(=O)Oc2c(C/C=C(\C)CCC(=O)O)c(OC)c(C)c3c2C(=O)OC3)cc1. The first kappa shape index (κ1) is 28.2. The number of hydrogen-bond acceptors (Lipinski definition) is 8. The lowest BCUT2D eigenvalue weighted by Gasteiger charge is -2.18. The Morgan fingerprint density at radius 3 is 2.42 bits per heavy atom. The monoisotopic (exact) mass is 525 g/mol. The lowest BCUT2D eigenvalue weighted by Crippen LogP contribution is -2.27. The molecule has 0 fully saturated rings. The molecule has 0 aliphatic carbocycles. The van der Waals surface area contributed by atoms with Crippen molar-refractivity contribution < 1.29 is 43.2 Å².